The summed E-state index contributed by atoms with van der Waals surface area (Å²) in [5.41, 5.74) is -0.329. The Morgan fingerprint density at radius 3 is 2.45 bits per heavy atom. The Morgan fingerprint density at radius 1 is 1.24 bits per heavy atom. The molecule has 1 heterocycles. The van der Waals surface area contributed by atoms with E-state index < -0.39 is 21.3 Å². The van der Waals surface area contributed by atoms with E-state index in [9.17, 15) is 17.6 Å². The highest BCUT2D eigenvalue weighted by molar-refractivity contribution is 7.89. The standard InChI is InChI=1S/C21H32FNO5S/c1-21(2,3)28-20(24)23-11-9-16(10-12-23)6-5-13-27-18-8-7-17(19(22)14-18)15-29(4,25)26/h7-8,14,16H,5-6,9-13,15H2,1-4H3. The smallest absolute Gasteiger partial charge is 0.410 e. The number of hydrogen-bond acceptors (Lipinski definition) is 5. The second kappa shape index (κ2) is 9.78. The molecule has 0 unspecified atom stereocenters. The second-order valence-corrected chi connectivity index (χ2v) is 10.9. The third-order valence-electron chi connectivity index (χ3n) is 4.73. The molecule has 1 aromatic rings. The zero-order valence-corrected chi connectivity index (χ0v) is 18.6. The van der Waals surface area contributed by atoms with Gasteiger partial charge in [0.25, 0.3) is 0 Å². The van der Waals surface area contributed by atoms with Crippen molar-refractivity contribution in [1.29, 1.82) is 0 Å². The van der Waals surface area contributed by atoms with Crippen LogP contribution in [0, 0.1) is 11.7 Å². The number of benzene rings is 1. The lowest BCUT2D eigenvalue weighted by atomic mass is 9.92. The maximum absolute atomic E-state index is 14.0. The van der Waals surface area contributed by atoms with E-state index in [4.69, 9.17) is 9.47 Å². The molecule has 0 saturated carbocycles. The number of nitrogens with zero attached hydrogens (tertiary/aromatic N) is 1. The number of carbonyl (C=O) groups excluding carboxylic acids is 1. The van der Waals surface area contributed by atoms with Crippen LogP contribution in [-0.4, -0.2) is 51.0 Å². The Kier molecular flexibility index (Phi) is 7.91. The molecule has 6 nitrogen and oxygen atoms in total. The van der Waals surface area contributed by atoms with Gasteiger partial charge in [-0.25, -0.2) is 17.6 Å². The number of hydrogen-bond donors (Lipinski definition) is 0. The van der Waals surface area contributed by atoms with Gasteiger partial charge in [-0.3, -0.25) is 0 Å². The first kappa shape index (κ1) is 23.4. The predicted molar refractivity (Wildman–Crippen MR) is 110 cm³/mol. The number of ether oxygens (including phenoxy) is 2. The summed E-state index contributed by atoms with van der Waals surface area (Å²) in [5.74, 6) is 0.0503. The van der Waals surface area contributed by atoms with Crippen molar-refractivity contribution in [1.82, 2.24) is 4.90 Å². The van der Waals surface area contributed by atoms with Gasteiger partial charge >= 0.3 is 6.09 Å². The van der Waals surface area contributed by atoms with Gasteiger partial charge in [-0.2, -0.15) is 0 Å². The van der Waals surface area contributed by atoms with Gasteiger partial charge in [0, 0.05) is 31.0 Å². The molecule has 0 bridgehead atoms. The van der Waals surface area contributed by atoms with Crippen LogP contribution in [0.5, 0.6) is 5.75 Å². The number of halogens is 1. The van der Waals surface area contributed by atoms with Gasteiger partial charge in [0.15, 0.2) is 9.84 Å². The van der Waals surface area contributed by atoms with Crippen molar-refractivity contribution >= 4 is 15.9 Å². The number of amides is 1. The SMILES string of the molecule is CC(C)(C)OC(=O)N1CCC(CCCOc2ccc(CS(C)(=O)=O)c(F)c2)CC1. The number of carbonyl (C=O) groups is 1. The number of piperidine rings is 1. The zero-order valence-electron chi connectivity index (χ0n) is 17.7. The van der Waals surface area contributed by atoms with Crippen molar-refractivity contribution in [3.8, 4) is 5.75 Å². The summed E-state index contributed by atoms with van der Waals surface area (Å²) in [6.45, 7) is 7.46. The van der Waals surface area contributed by atoms with E-state index >= 15 is 0 Å². The Hall–Kier alpha value is -1.83. The van der Waals surface area contributed by atoms with Crippen LogP contribution in [0.15, 0.2) is 18.2 Å². The molecule has 1 amide bonds. The molecule has 0 atom stereocenters. The van der Waals surface area contributed by atoms with Crippen molar-refractivity contribution in [3.63, 3.8) is 0 Å². The monoisotopic (exact) mass is 429 g/mol. The average molecular weight is 430 g/mol. The Labute approximate surface area is 173 Å². The maximum atomic E-state index is 14.0. The zero-order chi connectivity index (χ0) is 21.7. The molecule has 0 radical (unpaired) electrons. The topological polar surface area (TPSA) is 72.9 Å². The van der Waals surface area contributed by atoms with Crippen LogP contribution in [0.3, 0.4) is 0 Å². The van der Waals surface area contributed by atoms with E-state index in [2.05, 4.69) is 0 Å². The molecule has 2 rings (SSSR count). The molecular formula is C21H32FNO5S. The van der Waals surface area contributed by atoms with Crippen LogP contribution in [0.2, 0.25) is 0 Å². The largest absolute Gasteiger partial charge is 0.493 e. The fourth-order valence-corrected chi connectivity index (χ4v) is 4.11. The second-order valence-electron chi connectivity index (χ2n) is 8.72. The lowest BCUT2D eigenvalue weighted by Gasteiger charge is -2.33. The normalized spacial score (nSPS) is 16.0. The summed E-state index contributed by atoms with van der Waals surface area (Å²) in [6, 6.07) is 4.29. The van der Waals surface area contributed by atoms with Gasteiger partial charge < -0.3 is 14.4 Å². The van der Waals surface area contributed by atoms with Crippen LogP contribution in [0.1, 0.15) is 52.0 Å². The van der Waals surface area contributed by atoms with Gasteiger partial charge in [-0.15, -0.1) is 0 Å². The molecule has 1 aliphatic rings. The van der Waals surface area contributed by atoms with Gasteiger partial charge in [0.05, 0.1) is 12.4 Å². The number of rotatable bonds is 7. The Bertz CT molecular complexity index is 796. The van der Waals surface area contributed by atoms with Crippen molar-refractivity contribution in [2.75, 3.05) is 26.0 Å². The van der Waals surface area contributed by atoms with E-state index in [0.717, 1.165) is 31.9 Å². The summed E-state index contributed by atoms with van der Waals surface area (Å²) in [7, 11) is -3.28. The summed E-state index contributed by atoms with van der Waals surface area (Å²) in [4.78, 5) is 13.8. The van der Waals surface area contributed by atoms with Gasteiger partial charge in [-0.05, 0) is 58.4 Å². The molecule has 0 aromatic heterocycles. The lowest BCUT2D eigenvalue weighted by molar-refractivity contribution is 0.0179. The van der Waals surface area contributed by atoms with Gasteiger partial charge in [-0.1, -0.05) is 6.07 Å². The minimum atomic E-state index is -3.28. The Morgan fingerprint density at radius 2 is 1.90 bits per heavy atom. The molecule has 1 aromatic carbocycles. The Balaban J connectivity index is 1.69. The minimum absolute atomic E-state index is 0.150. The first-order chi connectivity index (χ1) is 13.4. The minimum Gasteiger partial charge on any atom is -0.493 e. The summed E-state index contributed by atoms with van der Waals surface area (Å²) < 4.78 is 47.6. The van der Waals surface area contributed by atoms with Crippen LogP contribution >= 0.6 is 0 Å². The van der Waals surface area contributed by atoms with E-state index in [1.54, 1.807) is 11.0 Å². The van der Waals surface area contributed by atoms with Crippen molar-refractivity contribution in [2.45, 2.75) is 57.8 Å². The van der Waals surface area contributed by atoms with Gasteiger partial charge in [0.1, 0.15) is 17.2 Å². The fourth-order valence-electron chi connectivity index (χ4n) is 3.31. The van der Waals surface area contributed by atoms with Gasteiger partial charge in [0.2, 0.25) is 0 Å². The van der Waals surface area contributed by atoms with Crippen LogP contribution < -0.4 is 4.74 Å². The van der Waals surface area contributed by atoms with Crippen LogP contribution in [-0.2, 0) is 20.3 Å². The molecular weight excluding hydrogens is 397 g/mol. The maximum Gasteiger partial charge on any atom is 0.410 e. The van der Waals surface area contributed by atoms with Crippen LogP contribution in [0.25, 0.3) is 0 Å². The first-order valence-corrected chi connectivity index (χ1v) is 12.1. The molecule has 1 fully saturated rings. The summed E-state index contributed by atoms with van der Waals surface area (Å²) >= 11 is 0. The highest BCUT2D eigenvalue weighted by Gasteiger charge is 2.26. The quantitative estimate of drug-likeness (QED) is 0.608. The summed E-state index contributed by atoms with van der Waals surface area (Å²) in [5, 5.41) is 0. The molecule has 1 aliphatic heterocycles. The van der Waals surface area contributed by atoms with Crippen molar-refractivity contribution < 1.29 is 27.1 Å². The average Bonchev–Trinajstić information content (AvgIpc) is 2.59. The molecule has 164 valence electrons. The number of sulfone groups is 1. The van der Waals surface area contributed by atoms with Crippen molar-refractivity contribution in [2.24, 2.45) is 5.92 Å². The number of likely N-dealkylation sites (tertiary alicyclic amines) is 1. The molecule has 29 heavy (non-hydrogen) atoms. The highest BCUT2D eigenvalue weighted by atomic mass is 32.2. The van der Waals surface area contributed by atoms with Crippen molar-refractivity contribution in [3.05, 3.63) is 29.6 Å². The fraction of sp³-hybridized carbons (Fsp3) is 0.667. The summed E-state index contributed by atoms with van der Waals surface area (Å²) in [6.07, 6.45) is 4.53. The van der Waals surface area contributed by atoms with E-state index in [0.29, 0.717) is 31.4 Å². The first-order valence-electron chi connectivity index (χ1n) is 10.00. The molecule has 8 heteroatoms. The highest BCUT2D eigenvalue weighted by Crippen LogP contribution is 2.24. The third kappa shape index (κ3) is 8.60. The lowest BCUT2D eigenvalue weighted by Crippen LogP contribution is -2.41. The third-order valence-corrected chi connectivity index (χ3v) is 5.57. The van der Waals surface area contributed by atoms with E-state index in [1.807, 2.05) is 20.8 Å². The molecule has 0 N–H and O–H groups in total. The van der Waals surface area contributed by atoms with E-state index in [1.165, 1.54) is 12.1 Å². The molecule has 0 aliphatic carbocycles. The van der Waals surface area contributed by atoms with E-state index in [-0.39, 0.29) is 17.4 Å². The predicted octanol–water partition coefficient (Wildman–Crippen LogP) is 4.18. The van der Waals surface area contributed by atoms with Crippen LogP contribution in [0.4, 0.5) is 9.18 Å². The molecule has 0 spiro atoms. The molecule has 1 saturated heterocycles.